The number of esters is 1. The molecule has 5 rings (SSSR count). The maximum atomic E-state index is 14.0. The van der Waals surface area contributed by atoms with Crippen LogP contribution in [0.15, 0.2) is 29.2 Å². The molecular weight excluding hydrogens is 470 g/mol. The van der Waals surface area contributed by atoms with Crippen molar-refractivity contribution in [1.29, 1.82) is 0 Å². The molecule has 0 N–H and O–H groups in total. The van der Waals surface area contributed by atoms with Gasteiger partial charge in [0.1, 0.15) is 16.6 Å². The number of carbonyl (C=O) groups excluding carboxylic acids is 2. The molecule has 0 aliphatic carbocycles. The second-order valence-electron chi connectivity index (χ2n) is 7.89. The zero-order valence-electron chi connectivity index (χ0n) is 17.9. The zero-order chi connectivity index (χ0) is 24.0. The second kappa shape index (κ2) is 8.69. The third kappa shape index (κ3) is 3.99. The summed E-state index contributed by atoms with van der Waals surface area (Å²) in [5.74, 6) is -2.97. The highest BCUT2D eigenvalue weighted by Gasteiger charge is 2.38. The van der Waals surface area contributed by atoms with E-state index in [4.69, 9.17) is 9.47 Å². The lowest BCUT2D eigenvalue weighted by atomic mass is 10.1. The predicted molar refractivity (Wildman–Crippen MR) is 115 cm³/mol. The lowest BCUT2D eigenvalue weighted by Gasteiger charge is -2.40. The van der Waals surface area contributed by atoms with Crippen LogP contribution in [0.2, 0.25) is 0 Å². The first-order chi connectivity index (χ1) is 16.3. The molecule has 0 radical (unpaired) electrons. The van der Waals surface area contributed by atoms with Gasteiger partial charge in [0, 0.05) is 32.2 Å². The van der Waals surface area contributed by atoms with E-state index in [1.807, 2.05) is 0 Å². The number of ether oxygens (including phenoxy) is 2. The molecule has 2 aliphatic heterocycles. The number of nitrogens with zero attached hydrogens (tertiary/aromatic N) is 4. The lowest BCUT2D eigenvalue weighted by Crippen LogP contribution is -2.53. The molecular formula is C22H18F2N4O5S. The van der Waals surface area contributed by atoms with Crippen molar-refractivity contribution >= 4 is 23.2 Å². The van der Waals surface area contributed by atoms with Crippen molar-refractivity contribution in [2.75, 3.05) is 13.2 Å². The van der Waals surface area contributed by atoms with E-state index >= 15 is 0 Å². The van der Waals surface area contributed by atoms with E-state index in [2.05, 4.69) is 10.2 Å². The Hall–Kier alpha value is -3.51. The fourth-order valence-corrected chi connectivity index (χ4v) is 4.90. The van der Waals surface area contributed by atoms with Gasteiger partial charge in [-0.05, 0) is 18.1 Å². The Morgan fingerprint density at radius 3 is 2.88 bits per heavy atom. The molecule has 0 saturated carbocycles. The van der Waals surface area contributed by atoms with Crippen molar-refractivity contribution in [2.24, 2.45) is 0 Å². The van der Waals surface area contributed by atoms with Gasteiger partial charge in [-0.15, -0.1) is 10.2 Å². The molecule has 2 aliphatic rings. The van der Waals surface area contributed by atoms with Gasteiger partial charge in [-0.2, -0.15) is 0 Å². The van der Waals surface area contributed by atoms with Crippen LogP contribution in [0.1, 0.15) is 34.4 Å². The predicted octanol–water partition coefficient (Wildman–Crippen LogP) is 2.36. The average molecular weight is 488 g/mol. The van der Waals surface area contributed by atoms with E-state index in [9.17, 15) is 23.2 Å². The van der Waals surface area contributed by atoms with Gasteiger partial charge in [0.2, 0.25) is 11.2 Å². The van der Waals surface area contributed by atoms with Gasteiger partial charge in [0.05, 0.1) is 18.7 Å². The van der Waals surface area contributed by atoms with E-state index in [-0.39, 0.29) is 40.5 Å². The zero-order valence-corrected chi connectivity index (χ0v) is 18.7. The van der Waals surface area contributed by atoms with Crippen molar-refractivity contribution in [1.82, 2.24) is 19.7 Å². The minimum atomic E-state index is -0.744. The Balaban J connectivity index is 1.56. The van der Waals surface area contributed by atoms with Crippen molar-refractivity contribution < 1.29 is 27.8 Å². The minimum absolute atomic E-state index is 0.0242. The van der Waals surface area contributed by atoms with Crippen LogP contribution < -0.4 is 10.2 Å². The highest BCUT2D eigenvalue weighted by molar-refractivity contribution is 7.14. The van der Waals surface area contributed by atoms with Gasteiger partial charge in [-0.1, -0.05) is 17.4 Å². The summed E-state index contributed by atoms with van der Waals surface area (Å²) in [7, 11) is 0. The molecule has 176 valence electrons. The number of carbonyl (C=O) groups is 2. The molecule has 3 aromatic rings. The number of rotatable bonds is 4. The van der Waals surface area contributed by atoms with Crippen molar-refractivity contribution in [3.05, 3.63) is 62.5 Å². The van der Waals surface area contributed by atoms with E-state index in [1.165, 1.54) is 21.7 Å². The number of aromatic nitrogens is 3. The van der Waals surface area contributed by atoms with Crippen molar-refractivity contribution in [2.45, 2.75) is 32.5 Å². The molecule has 1 aromatic carbocycles. The van der Waals surface area contributed by atoms with E-state index in [1.54, 1.807) is 0 Å². The average Bonchev–Trinajstić information content (AvgIpc) is 3.25. The monoisotopic (exact) mass is 488 g/mol. The minimum Gasteiger partial charge on any atom is -0.420 e. The SMILES string of the molecule is CC(=O)Oc1c2n(cc(-c3nnc(Cc4ccc(F)cc4F)s3)c1=O)CC1OCCCN1C2=O. The molecule has 1 unspecified atom stereocenters. The van der Waals surface area contributed by atoms with Gasteiger partial charge < -0.3 is 18.9 Å². The number of hydrogen-bond acceptors (Lipinski definition) is 8. The van der Waals surface area contributed by atoms with Crippen molar-refractivity contribution in [3.8, 4) is 16.3 Å². The van der Waals surface area contributed by atoms with Crippen LogP contribution in [0.25, 0.3) is 10.6 Å². The molecule has 34 heavy (non-hydrogen) atoms. The molecule has 12 heteroatoms. The smallest absolute Gasteiger partial charge is 0.308 e. The number of benzene rings is 1. The first kappa shape index (κ1) is 22.3. The topological polar surface area (TPSA) is 104 Å². The van der Waals surface area contributed by atoms with Crippen LogP contribution in [0.5, 0.6) is 5.75 Å². The number of amides is 1. The first-order valence-electron chi connectivity index (χ1n) is 10.5. The summed E-state index contributed by atoms with van der Waals surface area (Å²) in [5, 5.41) is 8.69. The number of hydrogen-bond donors (Lipinski definition) is 0. The number of halogens is 2. The highest BCUT2D eigenvalue weighted by atomic mass is 32.1. The summed E-state index contributed by atoms with van der Waals surface area (Å²) in [6.07, 6.45) is 1.69. The normalized spacial score (nSPS) is 17.3. The first-order valence-corrected chi connectivity index (χ1v) is 11.3. The van der Waals surface area contributed by atoms with Crippen LogP contribution in [0, 0.1) is 11.6 Å². The van der Waals surface area contributed by atoms with Crippen molar-refractivity contribution in [3.63, 3.8) is 0 Å². The molecule has 9 nitrogen and oxygen atoms in total. The molecule has 0 bridgehead atoms. The van der Waals surface area contributed by atoms with Gasteiger partial charge in [0.15, 0.2) is 16.9 Å². The summed E-state index contributed by atoms with van der Waals surface area (Å²) < 4.78 is 39.6. The summed E-state index contributed by atoms with van der Waals surface area (Å²) in [5.41, 5.74) is -0.391. The van der Waals surface area contributed by atoms with Crippen LogP contribution in [0.3, 0.4) is 0 Å². The Bertz CT molecular complexity index is 1370. The van der Waals surface area contributed by atoms with Gasteiger partial charge >= 0.3 is 5.97 Å². The van der Waals surface area contributed by atoms with Crippen LogP contribution in [-0.2, 0) is 22.5 Å². The third-order valence-electron chi connectivity index (χ3n) is 5.56. The highest BCUT2D eigenvalue weighted by Crippen LogP contribution is 2.31. The fraction of sp³-hybridized carbons (Fsp3) is 0.318. The third-order valence-corrected chi connectivity index (χ3v) is 6.51. The van der Waals surface area contributed by atoms with E-state index in [0.29, 0.717) is 24.6 Å². The number of pyridine rings is 1. The second-order valence-corrected chi connectivity index (χ2v) is 8.95. The van der Waals surface area contributed by atoms with Gasteiger partial charge in [-0.25, -0.2) is 8.78 Å². The van der Waals surface area contributed by atoms with Gasteiger partial charge in [0.25, 0.3) is 5.91 Å². The fourth-order valence-electron chi connectivity index (χ4n) is 4.03. The Labute approximate surface area is 195 Å². The van der Waals surface area contributed by atoms with E-state index in [0.717, 1.165) is 30.4 Å². The van der Waals surface area contributed by atoms with Gasteiger partial charge in [-0.3, -0.25) is 14.4 Å². The molecule has 1 saturated heterocycles. The Morgan fingerprint density at radius 2 is 2.12 bits per heavy atom. The van der Waals surface area contributed by atoms with Crippen LogP contribution >= 0.6 is 11.3 Å². The maximum Gasteiger partial charge on any atom is 0.308 e. The largest absolute Gasteiger partial charge is 0.420 e. The molecule has 0 spiro atoms. The quantitative estimate of drug-likeness (QED) is 0.520. The van der Waals surface area contributed by atoms with E-state index < -0.39 is 35.2 Å². The summed E-state index contributed by atoms with van der Waals surface area (Å²) >= 11 is 1.05. The van der Waals surface area contributed by atoms with Crippen LogP contribution in [-0.4, -0.2) is 50.9 Å². The molecule has 2 aromatic heterocycles. The summed E-state index contributed by atoms with van der Waals surface area (Å²) in [4.78, 5) is 39.7. The Morgan fingerprint density at radius 1 is 1.29 bits per heavy atom. The molecule has 4 heterocycles. The standard InChI is InChI=1S/C22H18F2N4O5S/c1-11(29)33-20-18-22(31)28-5-2-6-32-17(28)10-27(18)9-14(19(20)30)21-26-25-16(34-21)7-12-3-4-13(23)8-15(12)24/h3-4,8-9,17H,2,5-7,10H2,1H3. The molecule has 1 amide bonds. The molecule has 1 fully saturated rings. The number of fused-ring (bicyclic) bond motifs is 2. The Kier molecular flexibility index (Phi) is 5.70. The summed E-state index contributed by atoms with van der Waals surface area (Å²) in [6, 6.07) is 3.25. The lowest BCUT2D eigenvalue weighted by molar-refractivity contribution is -0.132. The maximum absolute atomic E-state index is 14.0. The summed E-state index contributed by atoms with van der Waals surface area (Å²) in [6.45, 7) is 2.37. The van der Waals surface area contributed by atoms with Crippen LogP contribution in [0.4, 0.5) is 8.78 Å². The molecule has 1 atom stereocenters.